The monoisotopic (exact) mass is 432 g/mol. The Kier molecular flexibility index (Phi) is 5.99. The quantitative estimate of drug-likeness (QED) is 0.318. The number of halogens is 2. The highest BCUT2D eigenvalue weighted by Gasteiger charge is 2.24. The predicted molar refractivity (Wildman–Crippen MR) is 121 cm³/mol. The molecule has 0 atom stereocenters. The van der Waals surface area contributed by atoms with Gasteiger partial charge in [-0.3, -0.25) is 0 Å². The van der Waals surface area contributed by atoms with E-state index in [1.807, 2.05) is 49.3 Å². The molecule has 0 aliphatic carbocycles. The summed E-state index contributed by atoms with van der Waals surface area (Å²) in [7, 11) is 2.34. The number of para-hydroxylation sites is 2. The second-order valence-corrected chi connectivity index (χ2v) is 7.11. The molecular formula is C24H19BF2N2O3. The van der Waals surface area contributed by atoms with E-state index in [4.69, 9.17) is 13.8 Å². The van der Waals surface area contributed by atoms with E-state index < -0.39 is 7.47 Å². The molecule has 0 N–H and O–H groups in total. The number of hydrogen-bond acceptors (Lipinski definition) is 5. The van der Waals surface area contributed by atoms with Crippen LogP contribution < -0.4 is 14.3 Å². The topological polar surface area (TPSA) is 47.7 Å². The fraction of sp³-hybridized carbons (Fsp3) is 0.125. The molecule has 0 saturated carbocycles. The molecule has 1 heterocycles. The summed E-state index contributed by atoms with van der Waals surface area (Å²) < 4.78 is 42.0. The molecule has 5 nitrogen and oxygen atoms in total. The minimum absolute atomic E-state index is 0.107. The van der Waals surface area contributed by atoms with Gasteiger partial charge in [-0.1, -0.05) is 24.0 Å². The third kappa shape index (κ3) is 4.52. The Hall–Kier alpha value is -3.99. The molecule has 0 fully saturated rings. The molecule has 0 spiro atoms. The molecule has 4 aromatic rings. The number of methoxy groups -OCH3 is 1. The van der Waals surface area contributed by atoms with Crippen molar-refractivity contribution in [3.8, 4) is 34.8 Å². The van der Waals surface area contributed by atoms with Crippen molar-refractivity contribution in [2.75, 3.05) is 26.1 Å². The van der Waals surface area contributed by atoms with Gasteiger partial charge in [-0.05, 0) is 42.5 Å². The van der Waals surface area contributed by atoms with Crippen molar-refractivity contribution in [2.24, 2.45) is 0 Å². The van der Waals surface area contributed by atoms with Gasteiger partial charge in [-0.15, -0.1) is 0 Å². The third-order valence-corrected chi connectivity index (χ3v) is 4.77. The Morgan fingerprint density at radius 1 is 0.969 bits per heavy atom. The molecule has 1 aromatic heterocycles. The number of oxazole rings is 1. The summed E-state index contributed by atoms with van der Waals surface area (Å²) in [5.41, 5.74) is 3.75. The minimum Gasteiger partial charge on any atom is -0.504 e. The van der Waals surface area contributed by atoms with E-state index in [9.17, 15) is 8.63 Å². The molecule has 32 heavy (non-hydrogen) atoms. The van der Waals surface area contributed by atoms with Gasteiger partial charge < -0.3 is 18.7 Å². The molecule has 0 unspecified atom stereocenters. The number of aromatic nitrogens is 1. The first-order valence-corrected chi connectivity index (χ1v) is 9.77. The van der Waals surface area contributed by atoms with Gasteiger partial charge in [0.05, 0.1) is 18.2 Å². The van der Waals surface area contributed by atoms with E-state index in [1.54, 1.807) is 24.3 Å². The van der Waals surface area contributed by atoms with Gasteiger partial charge in [0, 0.05) is 31.4 Å². The van der Waals surface area contributed by atoms with Crippen molar-refractivity contribution in [3.63, 3.8) is 0 Å². The van der Waals surface area contributed by atoms with Gasteiger partial charge in [0.1, 0.15) is 17.0 Å². The SMILES string of the molecule is COc1cc(OB(F)F)c(-c2nc3ccccc3o2)cc1C#Cc1ccc(N(C)C)cc1. The molecule has 0 amide bonds. The average molecular weight is 432 g/mol. The summed E-state index contributed by atoms with van der Waals surface area (Å²) in [5, 5.41) is 0. The van der Waals surface area contributed by atoms with Crippen LogP contribution in [0.3, 0.4) is 0 Å². The summed E-state index contributed by atoms with van der Waals surface area (Å²) in [6.07, 6.45) is 0. The molecule has 160 valence electrons. The van der Waals surface area contributed by atoms with Crippen LogP contribution in [0.5, 0.6) is 11.5 Å². The fourth-order valence-electron chi connectivity index (χ4n) is 3.16. The average Bonchev–Trinajstić information content (AvgIpc) is 3.21. The first kappa shape index (κ1) is 21.3. The summed E-state index contributed by atoms with van der Waals surface area (Å²) in [6.45, 7) is 0. The van der Waals surface area contributed by atoms with Gasteiger partial charge in [0.2, 0.25) is 5.89 Å². The van der Waals surface area contributed by atoms with Crippen LogP contribution in [0.15, 0.2) is 65.1 Å². The summed E-state index contributed by atoms with van der Waals surface area (Å²) in [6, 6.07) is 17.8. The highest BCUT2D eigenvalue weighted by atomic mass is 19.2. The zero-order chi connectivity index (χ0) is 22.7. The van der Waals surface area contributed by atoms with Gasteiger partial charge in [-0.25, -0.2) is 13.6 Å². The van der Waals surface area contributed by atoms with Crippen LogP contribution in [-0.4, -0.2) is 33.7 Å². The molecule has 4 rings (SSSR count). The Morgan fingerprint density at radius 3 is 2.38 bits per heavy atom. The van der Waals surface area contributed by atoms with Gasteiger partial charge in [-0.2, -0.15) is 0 Å². The lowest BCUT2D eigenvalue weighted by Gasteiger charge is -2.12. The van der Waals surface area contributed by atoms with Crippen LogP contribution in [0, 0.1) is 11.8 Å². The zero-order valence-corrected chi connectivity index (χ0v) is 17.7. The van der Waals surface area contributed by atoms with Gasteiger partial charge in [0.25, 0.3) is 0 Å². The maximum absolute atomic E-state index is 13.1. The zero-order valence-electron chi connectivity index (χ0n) is 17.7. The van der Waals surface area contributed by atoms with Crippen LogP contribution in [0.1, 0.15) is 11.1 Å². The maximum atomic E-state index is 13.1. The molecule has 0 bridgehead atoms. The minimum atomic E-state index is -3.02. The molecule has 3 aromatic carbocycles. The Bertz CT molecular complexity index is 1280. The number of fused-ring (bicyclic) bond motifs is 1. The van der Waals surface area contributed by atoms with Crippen molar-refractivity contribution in [2.45, 2.75) is 0 Å². The highest BCUT2D eigenvalue weighted by molar-refractivity contribution is 6.35. The summed E-state index contributed by atoms with van der Waals surface area (Å²) in [5.74, 6) is 6.48. The van der Waals surface area contributed by atoms with Crippen LogP contribution in [0.2, 0.25) is 0 Å². The largest absolute Gasteiger partial charge is 0.796 e. The van der Waals surface area contributed by atoms with Gasteiger partial charge >= 0.3 is 7.47 Å². The number of anilines is 1. The van der Waals surface area contributed by atoms with Crippen molar-refractivity contribution in [3.05, 3.63) is 71.8 Å². The van der Waals surface area contributed by atoms with Crippen molar-refractivity contribution >= 4 is 24.3 Å². The van der Waals surface area contributed by atoms with E-state index in [1.165, 1.54) is 13.2 Å². The van der Waals surface area contributed by atoms with E-state index >= 15 is 0 Å². The predicted octanol–water partition coefficient (Wildman–Crippen LogP) is 5.27. The van der Waals surface area contributed by atoms with E-state index in [0.29, 0.717) is 22.4 Å². The highest BCUT2D eigenvalue weighted by Crippen LogP contribution is 2.37. The maximum Gasteiger partial charge on any atom is 0.796 e. The smallest absolute Gasteiger partial charge is 0.504 e. The Balaban J connectivity index is 1.80. The lowest BCUT2D eigenvalue weighted by atomic mass is 10.1. The van der Waals surface area contributed by atoms with Crippen LogP contribution in [0.25, 0.3) is 22.6 Å². The molecule has 0 aliphatic heterocycles. The van der Waals surface area contributed by atoms with Crippen molar-refractivity contribution in [1.29, 1.82) is 0 Å². The standard InChI is InChI=1S/C24H19BF2N2O3/c1-29(2)18-12-9-16(10-13-18)8-11-17-14-19(23(32-25(26)27)15-22(17)30-3)24-28-20-6-4-5-7-21(20)31-24/h4-7,9-10,12-15H,1-3H3. The van der Waals surface area contributed by atoms with Crippen LogP contribution in [0.4, 0.5) is 14.3 Å². The Morgan fingerprint density at radius 2 is 1.72 bits per heavy atom. The molecule has 0 radical (unpaired) electrons. The van der Waals surface area contributed by atoms with E-state index in [-0.39, 0.29) is 17.2 Å². The Labute approximate surface area is 184 Å². The molecule has 0 aliphatic rings. The lowest BCUT2D eigenvalue weighted by Crippen LogP contribution is -2.09. The van der Waals surface area contributed by atoms with E-state index in [2.05, 4.69) is 16.8 Å². The summed E-state index contributed by atoms with van der Waals surface area (Å²) in [4.78, 5) is 6.40. The first-order chi connectivity index (χ1) is 15.4. The first-order valence-electron chi connectivity index (χ1n) is 9.77. The molecular weight excluding hydrogens is 413 g/mol. The molecule has 0 saturated heterocycles. The number of nitrogens with zero attached hydrogens (tertiary/aromatic N) is 2. The fourth-order valence-corrected chi connectivity index (χ4v) is 3.16. The third-order valence-electron chi connectivity index (χ3n) is 4.77. The van der Waals surface area contributed by atoms with E-state index in [0.717, 1.165) is 11.3 Å². The van der Waals surface area contributed by atoms with Crippen molar-refractivity contribution in [1.82, 2.24) is 4.98 Å². The summed E-state index contributed by atoms with van der Waals surface area (Å²) >= 11 is 0. The second kappa shape index (κ2) is 9.02. The van der Waals surface area contributed by atoms with Crippen LogP contribution in [-0.2, 0) is 0 Å². The van der Waals surface area contributed by atoms with Crippen LogP contribution >= 0.6 is 0 Å². The molecule has 8 heteroatoms. The number of ether oxygens (including phenoxy) is 1. The van der Waals surface area contributed by atoms with Gasteiger partial charge in [0.15, 0.2) is 5.58 Å². The van der Waals surface area contributed by atoms with Crippen molar-refractivity contribution < 1.29 is 22.4 Å². The number of benzene rings is 3. The lowest BCUT2D eigenvalue weighted by molar-refractivity contribution is 0.402. The normalized spacial score (nSPS) is 10.4. The number of hydrogen-bond donors (Lipinski definition) is 0. The second-order valence-electron chi connectivity index (χ2n) is 7.11. The number of rotatable bonds is 5.